The molecule has 1 unspecified atom stereocenters. The SMILES string of the molecule is Cc1ccccc1C(=O)N1CCCC(CNCC(=O)O)C1. The number of carboxylic acid groups (broad SMARTS) is 1. The highest BCUT2D eigenvalue weighted by Crippen LogP contribution is 2.19. The molecule has 0 saturated carbocycles. The molecule has 2 rings (SSSR count). The van der Waals surface area contributed by atoms with Crippen LogP contribution in [0.3, 0.4) is 0 Å². The van der Waals surface area contributed by atoms with Crippen molar-refractivity contribution >= 4 is 11.9 Å². The monoisotopic (exact) mass is 290 g/mol. The molecule has 1 aromatic rings. The maximum atomic E-state index is 12.6. The molecular formula is C16H22N2O3. The molecule has 1 aliphatic heterocycles. The Balaban J connectivity index is 1.93. The van der Waals surface area contributed by atoms with E-state index in [9.17, 15) is 9.59 Å². The topological polar surface area (TPSA) is 69.6 Å². The van der Waals surface area contributed by atoms with E-state index in [1.54, 1.807) is 0 Å². The van der Waals surface area contributed by atoms with Crippen molar-refractivity contribution in [3.05, 3.63) is 35.4 Å². The number of nitrogens with zero attached hydrogens (tertiary/aromatic N) is 1. The first-order valence-corrected chi connectivity index (χ1v) is 7.35. The van der Waals surface area contributed by atoms with Gasteiger partial charge in [0, 0.05) is 25.2 Å². The third kappa shape index (κ3) is 4.29. The number of aryl methyl sites for hydroxylation is 1. The Hall–Kier alpha value is -1.88. The molecule has 2 N–H and O–H groups in total. The Labute approximate surface area is 125 Å². The van der Waals surface area contributed by atoms with Crippen LogP contribution in [0.5, 0.6) is 0 Å². The van der Waals surface area contributed by atoms with Gasteiger partial charge in [0.25, 0.3) is 5.91 Å². The zero-order valence-electron chi connectivity index (χ0n) is 12.3. The van der Waals surface area contributed by atoms with Crippen molar-refractivity contribution < 1.29 is 14.7 Å². The van der Waals surface area contributed by atoms with Gasteiger partial charge in [0.2, 0.25) is 0 Å². The fourth-order valence-electron chi connectivity index (χ4n) is 2.78. The summed E-state index contributed by atoms with van der Waals surface area (Å²) >= 11 is 0. The lowest BCUT2D eigenvalue weighted by Crippen LogP contribution is -2.43. The van der Waals surface area contributed by atoms with Gasteiger partial charge in [-0.1, -0.05) is 18.2 Å². The highest BCUT2D eigenvalue weighted by Gasteiger charge is 2.24. The van der Waals surface area contributed by atoms with E-state index in [0.29, 0.717) is 19.0 Å². The quantitative estimate of drug-likeness (QED) is 0.862. The first-order chi connectivity index (χ1) is 10.1. The molecule has 5 nitrogen and oxygen atoms in total. The van der Waals surface area contributed by atoms with Gasteiger partial charge in [-0.2, -0.15) is 0 Å². The number of aliphatic carboxylic acids is 1. The summed E-state index contributed by atoms with van der Waals surface area (Å²) in [5.74, 6) is -0.444. The van der Waals surface area contributed by atoms with Crippen LogP contribution in [-0.2, 0) is 4.79 Å². The largest absolute Gasteiger partial charge is 0.480 e. The van der Waals surface area contributed by atoms with Crippen LogP contribution in [0.4, 0.5) is 0 Å². The summed E-state index contributed by atoms with van der Waals surface area (Å²) in [7, 11) is 0. The lowest BCUT2D eigenvalue weighted by atomic mass is 9.96. The van der Waals surface area contributed by atoms with Crippen LogP contribution in [0.15, 0.2) is 24.3 Å². The number of carboxylic acids is 1. The summed E-state index contributed by atoms with van der Waals surface area (Å²) in [6.07, 6.45) is 2.00. The number of carbonyl (C=O) groups is 2. The molecule has 1 atom stereocenters. The molecular weight excluding hydrogens is 268 g/mol. The Morgan fingerprint density at radius 3 is 2.86 bits per heavy atom. The molecule has 1 saturated heterocycles. The molecule has 1 aromatic carbocycles. The first-order valence-electron chi connectivity index (χ1n) is 7.35. The van der Waals surface area contributed by atoms with E-state index in [2.05, 4.69) is 5.32 Å². The van der Waals surface area contributed by atoms with Crippen LogP contribution in [-0.4, -0.2) is 48.1 Å². The number of carbonyl (C=O) groups excluding carboxylic acids is 1. The summed E-state index contributed by atoms with van der Waals surface area (Å²) < 4.78 is 0. The van der Waals surface area contributed by atoms with E-state index in [0.717, 1.165) is 30.5 Å². The van der Waals surface area contributed by atoms with Crippen molar-refractivity contribution in [3.63, 3.8) is 0 Å². The molecule has 0 spiro atoms. The molecule has 1 aliphatic rings. The van der Waals surface area contributed by atoms with Gasteiger partial charge in [-0.15, -0.1) is 0 Å². The van der Waals surface area contributed by atoms with Crippen LogP contribution < -0.4 is 5.32 Å². The number of likely N-dealkylation sites (tertiary alicyclic amines) is 1. The zero-order chi connectivity index (χ0) is 15.2. The molecule has 1 heterocycles. The molecule has 0 aliphatic carbocycles. The molecule has 0 aromatic heterocycles. The predicted molar refractivity (Wildman–Crippen MR) is 80.3 cm³/mol. The van der Waals surface area contributed by atoms with E-state index in [-0.39, 0.29) is 12.5 Å². The summed E-state index contributed by atoms with van der Waals surface area (Å²) in [4.78, 5) is 25.0. The average molecular weight is 290 g/mol. The maximum Gasteiger partial charge on any atom is 0.317 e. The van der Waals surface area contributed by atoms with Gasteiger partial charge in [0.1, 0.15) is 0 Å². The number of hydrogen-bond acceptors (Lipinski definition) is 3. The summed E-state index contributed by atoms with van der Waals surface area (Å²) in [6.45, 7) is 4.04. The van der Waals surface area contributed by atoms with Gasteiger partial charge in [0.05, 0.1) is 6.54 Å². The van der Waals surface area contributed by atoms with Crippen molar-refractivity contribution in [3.8, 4) is 0 Å². The van der Waals surface area contributed by atoms with E-state index >= 15 is 0 Å². The van der Waals surface area contributed by atoms with Gasteiger partial charge >= 0.3 is 5.97 Å². The van der Waals surface area contributed by atoms with E-state index in [1.807, 2.05) is 36.1 Å². The minimum absolute atomic E-state index is 0.0256. The van der Waals surface area contributed by atoms with Gasteiger partial charge in [-0.25, -0.2) is 0 Å². The minimum atomic E-state index is -0.848. The smallest absolute Gasteiger partial charge is 0.317 e. The Kier molecular flexibility index (Phi) is 5.33. The van der Waals surface area contributed by atoms with Gasteiger partial charge in [-0.05, 0) is 37.3 Å². The summed E-state index contributed by atoms with van der Waals surface area (Å²) in [5.41, 5.74) is 1.75. The van der Waals surface area contributed by atoms with Crippen LogP contribution in [0.25, 0.3) is 0 Å². The zero-order valence-corrected chi connectivity index (χ0v) is 12.3. The number of nitrogens with one attached hydrogen (secondary N) is 1. The number of rotatable bonds is 5. The van der Waals surface area contributed by atoms with Gasteiger partial charge in [-0.3, -0.25) is 9.59 Å². The highest BCUT2D eigenvalue weighted by molar-refractivity contribution is 5.95. The van der Waals surface area contributed by atoms with Crippen molar-refractivity contribution in [2.45, 2.75) is 19.8 Å². The second-order valence-electron chi connectivity index (χ2n) is 5.60. The minimum Gasteiger partial charge on any atom is -0.480 e. The number of benzene rings is 1. The fraction of sp³-hybridized carbons (Fsp3) is 0.500. The molecule has 1 amide bonds. The van der Waals surface area contributed by atoms with Crippen LogP contribution in [0, 0.1) is 12.8 Å². The molecule has 0 radical (unpaired) electrons. The molecule has 1 fully saturated rings. The predicted octanol–water partition coefficient (Wildman–Crippen LogP) is 1.52. The molecule has 114 valence electrons. The van der Waals surface area contributed by atoms with Gasteiger partial charge < -0.3 is 15.3 Å². The number of piperidine rings is 1. The second-order valence-corrected chi connectivity index (χ2v) is 5.60. The third-order valence-electron chi connectivity index (χ3n) is 3.89. The maximum absolute atomic E-state index is 12.6. The summed E-state index contributed by atoms with van der Waals surface area (Å²) in [5, 5.41) is 11.6. The second kappa shape index (κ2) is 7.22. The normalized spacial score (nSPS) is 18.5. The van der Waals surface area contributed by atoms with Crippen LogP contribution >= 0.6 is 0 Å². The number of hydrogen-bond donors (Lipinski definition) is 2. The molecule has 21 heavy (non-hydrogen) atoms. The van der Waals surface area contributed by atoms with Crippen LogP contribution in [0.2, 0.25) is 0 Å². The van der Waals surface area contributed by atoms with Crippen LogP contribution in [0.1, 0.15) is 28.8 Å². The van der Waals surface area contributed by atoms with Gasteiger partial charge in [0.15, 0.2) is 0 Å². The van der Waals surface area contributed by atoms with Crippen molar-refractivity contribution in [2.24, 2.45) is 5.92 Å². The molecule has 0 bridgehead atoms. The highest BCUT2D eigenvalue weighted by atomic mass is 16.4. The fourth-order valence-corrected chi connectivity index (χ4v) is 2.78. The lowest BCUT2D eigenvalue weighted by molar-refractivity contribution is -0.136. The lowest BCUT2D eigenvalue weighted by Gasteiger charge is -2.33. The Morgan fingerprint density at radius 1 is 1.38 bits per heavy atom. The molecule has 5 heteroatoms. The van der Waals surface area contributed by atoms with Crippen molar-refractivity contribution in [2.75, 3.05) is 26.2 Å². The Morgan fingerprint density at radius 2 is 2.14 bits per heavy atom. The Bertz CT molecular complexity index is 516. The third-order valence-corrected chi connectivity index (χ3v) is 3.89. The standard InChI is InChI=1S/C16H22N2O3/c1-12-5-2-3-7-14(12)16(21)18-8-4-6-13(11-18)9-17-10-15(19)20/h2-3,5,7,13,17H,4,6,8-11H2,1H3,(H,19,20). The van der Waals surface area contributed by atoms with E-state index < -0.39 is 5.97 Å². The van der Waals surface area contributed by atoms with E-state index in [1.165, 1.54) is 0 Å². The van der Waals surface area contributed by atoms with Crippen molar-refractivity contribution in [1.29, 1.82) is 0 Å². The number of amides is 1. The average Bonchev–Trinajstić information content (AvgIpc) is 2.47. The first kappa shape index (κ1) is 15.5. The van der Waals surface area contributed by atoms with Crippen molar-refractivity contribution in [1.82, 2.24) is 10.2 Å². The van der Waals surface area contributed by atoms with E-state index in [4.69, 9.17) is 5.11 Å². The summed E-state index contributed by atoms with van der Waals surface area (Å²) in [6, 6.07) is 7.63.